The fourth-order valence-corrected chi connectivity index (χ4v) is 1.67. The molecular formula is C13H14N2O2. The van der Waals surface area contributed by atoms with E-state index in [0.29, 0.717) is 12.1 Å². The molecule has 0 radical (unpaired) electrons. The van der Waals surface area contributed by atoms with Gasteiger partial charge in [-0.1, -0.05) is 12.1 Å². The number of hydrogen-bond donors (Lipinski definition) is 0. The van der Waals surface area contributed by atoms with Gasteiger partial charge in [0.15, 0.2) is 5.78 Å². The lowest BCUT2D eigenvalue weighted by atomic mass is 10.1. The van der Waals surface area contributed by atoms with Crippen molar-refractivity contribution in [3.05, 3.63) is 47.8 Å². The van der Waals surface area contributed by atoms with Crippen LogP contribution in [0.25, 0.3) is 0 Å². The van der Waals surface area contributed by atoms with Crippen LogP contribution in [0.3, 0.4) is 0 Å². The zero-order chi connectivity index (χ0) is 12.3. The summed E-state index contributed by atoms with van der Waals surface area (Å²) in [7, 11) is 3.39. The van der Waals surface area contributed by atoms with E-state index in [2.05, 4.69) is 5.10 Å². The fraction of sp³-hybridized carbons (Fsp3) is 0.231. The minimum absolute atomic E-state index is 0.0650. The monoisotopic (exact) mass is 230 g/mol. The minimum Gasteiger partial charge on any atom is -0.497 e. The Morgan fingerprint density at radius 3 is 2.53 bits per heavy atom. The Labute approximate surface area is 99.8 Å². The number of Topliss-reactive ketones (excluding diaryl/α,β-unsaturated/α-hetero) is 1. The second-order valence-electron chi connectivity index (χ2n) is 3.79. The quantitative estimate of drug-likeness (QED) is 0.753. The van der Waals surface area contributed by atoms with Crippen molar-refractivity contribution in [2.45, 2.75) is 6.42 Å². The van der Waals surface area contributed by atoms with Gasteiger partial charge in [0.05, 0.1) is 7.11 Å². The van der Waals surface area contributed by atoms with Crippen LogP contribution < -0.4 is 4.74 Å². The van der Waals surface area contributed by atoms with E-state index in [9.17, 15) is 4.79 Å². The van der Waals surface area contributed by atoms with Crippen LogP contribution in [-0.2, 0) is 13.5 Å². The number of aromatic nitrogens is 2. The number of hydrogen-bond acceptors (Lipinski definition) is 3. The highest BCUT2D eigenvalue weighted by Gasteiger charge is 2.10. The maximum atomic E-state index is 12.0. The van der Waals surface area contributed by atoms with Crippen LogP contribution in [0.1, 0.15) is 16.1 Å². The lowest BCUT2D eigenvalue weighted by molar-refractivity contribution is 0.0984. The van der Waals surface area contributed by atoms with Gasteiger partial charge in [-0.3, -0.25) is 9.48 Å². The van der Waals surface area contributed by atoms with Crippen LogP contribution in [-0.4, -0.2) is 22.7 Å². The van der Waals surface area contributed by atoms with E-state index in [4.69, 9.17) is 4.74 Å². The second-order valence-corrected chi connectivity index (χ2v) is 3.79. The summed E-state index contributed by atoms with van der Waals surface area (Å²) in [4.78, 5) is 12.0. The molecule has 1 heterocycles. The average molecular weight is 230 g/mol. The first-order valence-electron chi connectivity index (χ1n) is 5.35. The molecule has 0 unspecified atom stereocenters. The van der Waals surface area contributed by atoms with E-state index < -0.39 is 0 Å². The molecular weight excluding hydrogens is 216 g/mol. The molecule has 0 atom stereocenters. The van der Waals surface area contributed by atoms with Crippen molar-refractivity contribution in [3.8, 4) is 5.75 Å². The molecule has 0 N–H and O–H groups in total. The number of ether oxygens (including phenoxy) is 1. The first kappa shape index (κ1) is 11.4. The molecule has 0 aliphatic rings. The highest BCUT2D eigenvalue weighted by molar-refractivity contribution is 5.95. The zero-order valence-corrected chi connectivity index (χ0v) is 9.88. The number of rotatable bonds is 4. The molecule has 0 fully saturated rings. The highest BCUT2D eigenvalue weighted by atomic mass is 16.5. The average Bonchev–Trinajstić information content (AvgIpc) is 2.76. The Hall–Kier alpha value is -2.10. The number of carbonyl (C=O) groups excluding carboxylic acids is 1. The van der Waals surface area contributed by atoms with E-state index in [-0.39, 0.29) is 5.78 Å². The van der Waals surface area contributed by atoms with Gasteiger partial charge in [0.1, 0.15) is 11.4 Å². The van der Waals surface area contributed by atoms with Gasteiger partial charge in [-0.25, -0.2) is 0 Å². The van der Waals surface area contributed by atoms with Gasteiger partial charge in [-0.05, 0) is 23.8 Å². The van der Waals surface area contributed by atoms with Gasteiger partial charge in [0.2, 0.25) is 0 Å². The normalized spacial score (nSPS) is 10.2. The van der Waals surface area contributed by atoms with Crippen LogP contribution in [0, 0.1) is 0 Å². The number of methoxy groups -OCH3 is 1. The molecule has 1 aromatic carbocycles. The van der Waals surface area contributed by atoms with Gasteiger partial charge in [-0.2, -0.15) is 5.10 Å². The molecule has 88 valence electrons. The van der Waals surface area contributed by atoms with Crippen molar-refractivity contribution in [1.29, 1.82) is 0 Å². The molecule has 0 amide bonds. The first-order chi connectivity index (χ1) is 8.20. The summed E-state index contributed by atoms with van der Waals surface area (Å²) < 4.78 is 6.66. The first-order valence-corrected chi connectivity index (χ1v) is 5.35. The summed E-state index contributed by atoms with van der Waals surface area (Å²) in [5.74, 6) is 0.858. The Bertz CT molecular complexity index is 514. The van der Waals surface area contributed by atoms with Crippen molar-refractivity contribution in [3.63, 3.8) is 0 Å². The molecule has 17 heavy (non-hydrogen) atoms. The summed E-state index contributed by atoms with van der Waals surface area (Å²) in [6.07, 6.45) is 2.00. The van der Waals surface area contributed by atoms with Gasteiger partial charge < -0.3 is 4.74 Å². The van der Waals surface area contributed by atoms with Crippen molar-refractivity contribution in [1.82, 2.24) is 9.78 Å². The van der Waals surface area contributed by atoms with Gasteiger partial charge >= 0.3 is 0 Å². The third kappa shape index (κ3) is 2.53. The predicted octanol–water partition coefficient (Wildman–Crippen LogP) is 1.85. The number of carbonyl (C=O) groups is 1. The summed E-state index contributed by atoms with van der Waals surface area (Å²) in [6, 6.07) is 9.23. The van der Waals surface area contributed by atoms with E-state index in [0.717, 1.165) is 11.3 Å². The Morgan fingerprint density at radius 1 is 1.29 bits per heavy atom. The third-order valence-electron chi connectivity index (χ3n) is 2.63. The molecule has 0 spiro atoms. The van der Waals surface area contributed by atoms with Crippen LogP contribution in [0.4, 0.5) is 0 Å². The SMILES string of the molecule is COc1ccc(CC(=O)c2ccnn2C)cc1. The number of benzene rings is 1. The van der Waals surface area contributed by atoms with E-state index >= 15 is 0 Å². The largest absolute Gasteiger partial charge is 0.497 e. The van der Waals surface area contributed by atoms with E-state index in [1.807, 2.05) is 24.3 Å². The summed E-state index contributed by atoms with van der Waals surface area (Å²) in [6.45, 7) is 0. The molecule has 1 aromatic heterocycles. The van der Waals surface area contributed by atoms with Crippen molar-refractivity contribution < 1.29 is 9.53 Å². The van der Waals surface area contributed by atoms with E-state index in [1.165, 1.54) is 0 Å². The molecule has 0 aliphatic carbocycles. The summed E-state index contributed by atoms with van der Waals surface area (Å²) >= 11 is 0. The Morgan fingerprint density at radius 2 is 2.00 bits per heavy atom. The molecule has 4 heteroatoms. The maximum Gasteiger partial charge on any atom is 0.185 e. The van der Waals surface area contributed by atoms with Crippen LogP contribution in [0.5, 0.6) is 5.75 Å². The topological polar surface area (TPSA) is 44.1 Å². The van der Waals surface area contributed by atoms with Crippen LogP contribution >= 0.6 is 0 Å². The third-order valence-corrected chi connectivity index (χ3v) is 2.63. The van der Waals surface area contributed by atoms with Gasteiger partial charge in [0.25, 0.3) is 0 Å². The molecule has 0 aliphatic heterocycles. The fourth-order valence-electron chi connectivity index (χ4n) is 1.67. The lowest BCUT2D eigenvalue weighted by Crippen LogP contribution is -2.09. The predicted molar refractivity (Wildman–Crippen MR) is 64.2 cm³/mol. The number of aryl methyl sites for hydroxylation is 1. The minimum atomic E-state index is 0.0650. The lowest BCUT2D eigenvalue weighted by Gasteiger charge is -2.03. The Balaban J connectivity index is 2.10. The zero-order valence-electron chi connectivity index (χ0n) is 9.88. The van der Waals surface area contributed by atoms with E-state index in [1.54, 1.807) is 31.1 Å². The molecule has 4 nitrogen and oxygen atoms in total. The van der Waals surface area contributed by atoms with Crippen LogP contribution in [0.15, 0.2) is 36.5 Å². The van der Waals surface area contributed by atoms with Gasteiger partial charge in [-0.15, -0.1) is 0 Å². The molecule has 0 saturated heterocycles. The van der Waals surface area contributed by atoms with Crippen molar-refractivity contribution in [2.24, 2.45) is 7.05 Å². The molecule has 2 aromatic rings. The smallest absolute Gasteiger partial charge is 0.185 e. The molecule has 0 bridgehead atoms. The van der Waals surface area contributed by atoms with Crippen LogP contribution in [0.2, 0.25) is 0 Å². The summed E-state index contributed by atoms with van der Waals surface area (Å²) in [5.41, 5.74) is 1.60. The second kappa shape index (κ2) is 4.82. The van der Waals surface area contributed by atoms with Crippen molar-refractivity contribution in [2.75, 3.05) is 7.11 Å². The van der Waals surface area contributed by atoms with Crippen molar-refractivity contribution >= 4 is 5.78 Å². The molecule has 2 rings (SSSR count). The standard InChI is InChI=1S/C13H14N2O2/c1-15-12(7-8-14-15)13(16)9-10-3-5-11(17-2)6-4-10/h3-8H,9H2,1-2H3. The highest BCUT2D eigenvalue weighted by Crippen LogP contribution is 2.13. The summed E-state index contributed by atoms with van der Waals surface area (Å²) in [5, 5.41) is 3.98. The number of ketones is 1. The van der Waals surface area contributed by atoms with Gasteiger partial charge in [0, 0.05) is 19.7 Å². The number of nitrogens with zero attached hydrogens (tertiary/aromatic N) is 2. The Kier molecular flexibility index (Phi) is 3.23. The molecule has 0 saturated carbocycles. The maximum absolute atomic E-state index is 12.0.